The first kappa shape index (κ1) is 15.2. The molecule has 4 nitrogen and oxygen atoms in total. The van der Waals surface area contributed by atoms with Crippen LogP contribution in [0, 0.1) is 0 Å². The van der Waals surface area contributed by atoms with Gasteiger partial charge in [0.15, 0.2) is 10.9 Å². The number of hydrogen-bond acceptors (Lipinski definition) is 5. The van der Waals surface area contributed by atoms with E-state index in [1.807, 2.05) is 30.3 Å². The van der Waals surface area contributed by atoms with Crippen LogP contribution in [0.3, 0.4) is 0 Å². The van der Waals surface area contributed by atoms with Gasteiger partial charge in [0.2, 0.25) is 5.91 Å². The maximum absolute atomic E-state index is 11.9. The highest BCUT2D eigenvalue weighted by Crippen LogP contribution is 2.29. The highest BCUT2D eigenvalue weighted by molar-refractivity contribution is 7.99. The molecule has 1 heterocycles. The standard InChI is InChI=1S/C16H16N2O2S2/c19-13-8-4-7-12-15(13)22-16(17-12)18-14(20)10-21-9-11-5-2-1-3-6-11/h1-3,5-6H,4,7-10H2,(H,17,18,20). The summed E-state index contributed by atoms with van der Waals surface area (Å²) in [5.41, 5.74) is 2.05. The van der Waals surface area contributed by atoms with Crippen LogP contribution in [-0.4, -0.2) is 22.4 Å². The van der Waals surface area contributed by atoms with Gasteiger partial charge in [0.1, 0.15) is 0 Å². The lowest BCUT2D eigenvalue weighted by molar-refractivity contribution is -0.113. The number of rotatable bonds is 5. The molecule has 114 valence electrons. The van der Waals surface area contributed by atoms with Gasteiger partial charge < -0.3 is 5.32 Å². The van der Waals surface area contributed by atoms with E-state index in [0.717, 1.165) is 29.2 Å². The Labute approximate surface area is 137 Å². The van der Waals surface area contributed by atoms with Crippen molar-refractivity contribution in [2.75, 3.05) is 11.1 Å². The average molecular weight is 332 g/mol. The smallest absolute Gasteiger partial charge is 0.236 e. The zero-order valence-corrected chi connectivity index (χ0v) is 13.6. The van der Waals surface area contributed by atoms with Crippen LogP contribution in [0.15, 0.2) is 30.3 Å². The van der Waals surface area contributed by atoms with Gasteiger partial charge in [0, 0.05) is 12.2 Å². The molecular formula is C16H16N2O2S2. The summed E-state index contributed by atoms with van der Waals surface area (Å²) in [6.07, 6.45) is 2.28. The lowest BCUT2D eigenvalue weighted by atomic mass is 10.0. The zero-order valence-electron chi connectivity index (χ0n) is 12.0. The fourth-order valence-corrected chi connectivity index (χ4v) is 4.10. The number of thioether (sulfide) groups is 1. The van der Waals surface area contributed by atoms with E-state index >= 15 is 0 Å². The topological polar surface area (TPSA) is 59.1 Å². The predicted octanol–water partition coefficient (Wildman–Crippen LogP) is 3.53. The van der Waals surface area contributed by atoms with Crippen molar-refractivity contribution in [1.82, 2.24) is 4.98 Å². The van der Waals surface area contributed by atoms with Gasteiger partial charge in [-0.05, 0) is 18.4 Å². The van der Waals surface area contributed by atoms with Gasteiger partial charge in [-0.15, -0.1) is 11.8 Å². The second-order valence-corrected chi connectivity index (χ2v) is 7.08. The average Bonchev–Trinajstić information content (AvgIpc) is 2.92. The molecule has 0 bridgehead atoms. The van der Waals surface area contributed by atoms with Crippen LogP contribution in [0.5, 0.6) is 0 Å². The number of aryl methyl sites for hydroxylation is 1. The number of nitrogens with one attached hydrogen (secondary N) is 1. The van der Waals surface area contributed by atoms with Crippen molar-refractivity contribution in [2.45, 2.75) is 25.0 Å². The minimum Gasteiger partial charge on any atom is -0.301 e. The number of ketones is 1. The summed E-state index contributed by atoms with van der Waals surface area (Å²) < 4.78 is 0. The van der Waals surface area contributed by atoms with Crippen molar-refractivity contribution >= 4 is 39.9 Å². The van der Waals surface area contributed by atoms with Gasteiger partial charge >= 0.3 is 0 Å². The molecule has 0 spiro atoms. The molecular weight excluding hydrogens is 316 g/mol. The number of anilines is 1. The Morgan fingerprint density at radius 2 is 2.09 bits per heavy atom. The van der Waals surface area contributed by atoms with Crippen molar-refractivity contribution < 1.29 is 9.59 Å². The monoisotopic (exact) mass is 332 g/mol. The fourth-order valence-electron chi connectivity index (χ4n) is 2.31. The van der Waals surface area contributed by atoms with Gasteiger partial charge in [-0.2, -0.15) is 0 Å². The molecule has 22 heavy (non-hydrogen) atoms. The molecule has 0 aliphatic heterocycles. The maximum Gasteiger partial charge on any atom is 0.236 e. The molecule has 0 fully saturated rings. The van der Waals surface area contributed by atoms with E-state index in [4.69, 9.17) is 0 Å². The second kappa shape index (κ2) is 7.07. The minimum absolute atomic E-state index is 0.0699. The Kier molecular flexibility index (Phi) is 4.90. The molecule has 0 unspecified atom stereocenters. The van der Waals surface area contributed by atoms with E-state index in [2.05, 4.69) is 10.3 Å². The Hall–Kier alpha value is -1.66. The second-order valence-electron chi connectivity index (χ2n) is 5.10. The van der Waals surface area contributed by atoms with Crippen LogP contribution in [0.1, 0.15) is 33.8 Å². The summed E-state index contributed by atoms with van der Waals surface area (Å²) in [5, 5.41) is 3.35. The van der Waals surface area contributed by atoms with Crippen molar-refractivity contribution in [3.05, 3.63) is 46.5 Å². The largest absolute Gasteiger partial charge is 0.301 e. The van der Waals surface area contributed by atoms with Crippen molar-refractivity contribution in [2.24, 2.45) is 0 Å². The molecule has 6 heteroatoms. The van der Waals surface area contributed by atoms with Crippen LogP contribution >= 0.6 is 23.1 Å². The Morgan fingerprint density at radius 3 is 2.86 bits per heavy atom. The van der Waals surface area contributed by atoms with Gasteiger partial charge in [-0.25, -0.2) is 4.98 Å². The third kappa shape index (κ3) is 3.75. The number of carbonyl (C=O) groups excluding carboxylic acids is 2. The van der Waals surface area contributed by atoms with E-state index < -0.39 is 0 Å². The number of benzene rings is 1. The van der Waals surface area contributed by atoms with Gasteiger partial charge in [-0.3, -0.25) is 9.59 Å². The predicted molar refractivity (Wildman–Crippen MR) is 90.6 cm³/mol. The van der Waals surface area contributed by atoms with E-state index in [1.54, 1.807) is 11.8 Å². The lowest BCUT2D eigenvalue weighted by Gasteiger charge is -2.05. The number of nitrogens with zero attached hydrogens (tertiary/aromatic N) is 1. The first-order chi connectivity index (χ1) is 10.7. The van der Waals surface area contributed by atoms with Gasteiger partial charge in [0.05, 0.1) is 16.3 Å². The Balaban J connectivity index is 1.51. The Bertz CT molecular complexity index is 683. The molecule has 1 aliphatic carbocycles. The molecule has 0 atom stereocenters. The van der Waals surface area contributed by atoms with Crippen LogP contribution in [0.2, 0.25) is 0 Å². The SMILES string of the molecule is O=C(CSCc1ccccc1)Nc1nc2c(s1)C(=O)CCC2. The molecule has 1 amide bonds. The third-order valence-corrected chi connectivity index (χ3v) is 5.42. The number of hydrogen-bond donors (Lipinski definition) is 1. The van der Waals surface area contributed by atoms with E-state index in [0.29, 0.717) is 17.3 Å². The summed E-state index contributed by atoms with van der Waals surface area (Å²) in [5.74, 6) is 1.27. The molecule has 2 aromatic rings. The number of aromatic nitrogens is 1. The lowest BCUT2D eigenvalue weighted by Crippen LogP contribution is -2.14. The van der Waals surface area contributed by atoms with Crippen LogP contribution in [-0.2, 0) is 17.0 Å². The van der Waals surface area contributed by atoms with Crippen LogP contribution in [0.25, 0.3) is 0 Å². The fraction of sp³-hybridized carbons (Fsp3) is 0.312. The number of fused-ring (bicyclic) bond motifs is 1. The summed E-state index contributed by atoms with van der Waals surface area (Å²) in [7, 11) is 0. The van der Waals surface area contributed by atoms with E-state index in [9.17, 15) is 9.59 Å². The number of carbonyl (C=O) groups is 2. The molecule has 0 radical (unpaired) electrons. The third-order valence-electron chi connectivity index (χ3n) is 3.36. The zero-order chi connectivity index (χ0) is 15.4. The van der Waals surface area contributed by atoms with Gasteiger partial charge in [0.25, 0.3) is 0 Å². The van der Waals surface area contributed by atoms with Crippen molar-refractivity contribution in [3.63, 3.8) is 0 Å². The number of thiazole rings is 1. The quantitative estimate of drug-likeness (QED) is 0.910. The van der Waals surface area contributed by atoms with E-state index in [1.165, 1.54) is 16.9 Å². The first-order valence-electron chi connectivity index (χ1n) is 7.17. The minimum atomic E-state index is -0.0699. The number of Topliss-reactive ketones (excluding diaryl/α,β-unsaturated/α-hetero) is 1. The van der Waals surface area contributed by atoms with Crippen LogP contribution in [0.4, 0.5) is 5.13 Å². The highest BCUT2D eigenvalue weighted by atomic mass is 32.2. The summed E-state index contributed by atoms with van der Waals surface area (Å²) in [6.45, 7) is 0. The normalized spacial score (nSPS) is 13.7. The van der Waals surface area contributed by atoms with Crippen molar-refractivity contribution in [1.29, 1.82) is 0 Å². The molecule has 1 aromatic heterocycles. The van der Waals surface area contributed by atoms with Crippen LogP contribution < -0.4 is 5.32 Å². The first-order valence-corrected chi connectivity index (χ1v) is 9.14. The molecule has 0 saturated carbocycles. The molecule has 1 aliphatic rings. The van der Waals surface area contributed by atoms with Gasteiger partial charge in [-0.1, -0.05) is 41.7 Å². The molecule has 0 saturated heterocycles. The highest BCUT2D eigenvalue weighted by Gasteiger charge is 2.22. The molecule has 1 aromatic carbocycles. The van der Waals surface area contributed by atoms with Crippen molar-refractivity contribution in [3.8, 4) is 0 Å². The summed E-state index contributed by atoms with van der Waals surface area (Å²) in [4.78, 5) is 28.8. The molecule has 1 N–H and O–H groups in total. The molecule has 3 rings (SSSR count). The number of amides is 1. The summed E-state index contributed by atoms with van der Waals surface area (Å²) >= 11 is 2.87. The summed E-state index contributed by atoms with van der Waals surface area (Å²) in [6, 6.07) is 10.1. The maximum atomic E-state index is 11.9. The Morgan fingerprint density at radius 1 is 1.27 bits per heavy atom. The van der Waals surface area contributed by atoms with E-state index in [-0.39, 0.29) is 11.7 Å².